The molecule has 0 fully saturated rings. The van der Waals surface area contributed by atoms with Crippen LogP contribution in [0, 0.1) is 0 Å². The van der Waals surface area contributed by atoms with Gasteiger partial charge in [-0.1, -0.05) is 60.7 Å². The highest BCUT2D eigenvalue weighted by molar-refractivity contribution is 9.10. The van der Waals surface area contributed by atoms with Crippen LogP contribution in [0.15, 0.2) is 95.5 Å². The average Bonchev–Trinajstić information content (AvgIpc) is 3.26. The lowest BCUT2D eigenvalue weighted by atomic mass is 10.1. The van der Waals surface area contributed by atoms with Gasteiger partial charge in [-0.2, -0.15) is 5.10 Å². The lowest BCUT2D eigenvalue weighted by Gasteiger charge is -2.09. The molecule has 6 nitrogen and oxygen atoms in total. The third kappa shape index (κ3) is 4.90. The Morgan fingerprint density at radius 2 is 1.52 bits per heavy atom. The summed E-state index contributed by atoms with van der Waals surface area (Å²) in [5.74, 6) is -0.713. The number of benzene rings is 3. The standard InChI is InChI=1S/C24H19BrN4O2/c25-19-13-7-8-14-20(19)27-23(30)16-26-24(31)22-15-21(17-9-3-1-4-10-17)28-29(22)18-11-5-2-6-12-18/h1-15H,16H2,(H,26,31)(H,27,30). The summed E-state index contributed by atoms with van der Waals surface area (Å²) in [5, 5.41) is 10.1. The normalized spacial score (nSPS) is 10.5. The molecule has 3 aromatic carbocycles. The number of hydrogen-bond donors (Lipinski definition) is 2. The van der Waals surface area contributed by atoms with Crippen LogP contribution in [0.3, 0.4) is 0 Å². The number of nitrogens with zero attached hydrogens (tertiary/aromatic N) is 2. The van der Waals surface area contributed by atoms with Gasteiger partial charge in [-0.3, -0.25) is 9.59 Å². The fraction of sp³-hybridized carbons (Fsp3) is 0.0417. The number of rotatable bonds is 6. The zero-order valence-corrected chi connectivity index (χ0v) is 18.0. The molecule has 2 N–H and O–H groups in total. The summed E-state index contributed by atoms with van der Waals surface area (Å²) in [5.41, 5.74) is 3.32. The fourth-order valence-electron chi connectivity index (χ4n) is 3.07. The van der Waals surface area contributed by atoms with Gasteiger partial charge in [0.15, 0.2) is 0 Å². The van der Waals surface area contributed by atoms with E-state index in [-0.39, 0.29) is 18.4 Å². The number of hydrogen-bond acceptors (Lipinski definition) is 3. The van der Waals surface area contributed by atoms with Gasteiger partial charge in [0.2, 0.25) is 5.91 Å². The molecule has 1 aromatic heterocycles. The molecule has 7 heteroatoms. The maximum Gasteiger partial charge on any atom is 0.270 e. The van der Waals surface area contributed by atoms with Gasteiger partial charge in [0.25, 0.3) is 5.91 Å². The Bertz CT molecular complexity index is 1210. The van der Waals surface area contributed by atoms with Crippen molar-refractivity contribution in [2.75, 3.05) is 11.9 Å². The Morgan fingerprint density at radius 1 is 0.871 bits per heavy atom. The third-order valence-electron chi connectivity index (χ3n) is 4.57. The van der Waals surface area contributed by atoms with E-state index >= 15 is 0 Å². The van der Waals surface area contributed by atoms with Crippen molar-refractivity contribution < 1.29 is 9.59 Å². The molecule has 0 bridgehead atoms. The molecule has 1 heterocycles. The first-order valence-corrected chi connectivity index (χ1v) is 10.4. The molecular weight excluding hydrogens is 456 g/mol. The van der Waals surface area contributed by atoms with E-state index in [0.717, 1.165) is 15.7 Å². The van der Waals surface area contributed by atoms with E-state index in [4.69, 9.17) is 0 Å². The fourth-order valence-corrected chi connectivity index (χ4v) is 3.45. The molecule has 154 valence electrons. The first-order chi connectivity index (χ1) is 15.1. The van der Waals surface area contributed by atoms with E-state index in [9.17, 15) is 9.59 Å². The summed E-state index contributed by atoms with van der Waals surface area (Å²) < 4.78 is 2.35. The van der Waals surface area contributed by atoms with Crippen LogP contribution in [0.1, 0.15) is 10.5 Å². The molecule has 0 aliphatic rings. The summed E-state index contributed by atoms with van der Waals surface area (Å²) in [6.07, 6.45) is 0. The van der Waals surface area contributed by atoms with Crippen molar-refractivity contribution >= 4 is 33.4 Å². The summed E-state index contributed by atoms with van der Waals surface area (Å²) in [6, 6.07) is 28.1. The van der Waals surface area contributed by atoms with Crippen LogP contribution < -0.4 is 10.6 Å². The summed E-state index contributed by atoms with van der Waals surface area (Å²) in [6.45, 7) is -0.166. The van der Waals surface area contributed by atoms with Gasteiger partial charge < -0.3 is 10.6 Å². The molecular formula is C24H19BrN4O2. The Morgan fingerprint density at radius 3 is 2.23 bits per heavy atom. The minimum Gasteiger partial charge on any atom is -0.342 e. The predicted octanol–water partition coefficient (Wildman–Crippen LogP) is 4.67. The topological polar surface area (TPSA) is 76.0 Å². The van der Waals surface area contributed by atoms with Crippen LogP contribution in [0.4, 0.5) is 5.69 Å². The molecule has 31 heavy (non-hydrogen) atoms. The largest absolute Gasteiger partial charge is 0.342 e. The average molecular weight is 475 g/mol. The second-order valence-corrected chi connectivity index (χ2v) is 7.59. The lowest BCUT2D eigenvalue weighted by Crippen LogP contribution is -2.34. The number of para-hydroxylation sites is 2. The lowest BCUT2D eigenvalue weighted by molar-refractivity contribution is -0.115. The molecule has 0 radical (unpaired) electrons. The second-order valence-electron chi connectivity index (χ2n) is 6.74. The minimum atomic E-state index is -0.388. The summed E-state index contributed by atoms with van der Waals surface area (Å²) in [4.78, 5) is 25.3. The Hall–Kier alpha value is -3.71. The Labute approximate surface area is 188 Å². The molecule has 4 aromatic rings. The second kappa shape index (κ2) is 9.40. The van der Waals surface area contributed by atoms with Gasteiger partial charge in [-0.15, -0.1) is 0 Å². The summed E-state index contributed by atoms with van der Waals surface area (Å²) >= 11 is 3.39. The third-order valence-corrected chi connectivity index (χ3v) is 5.26. The molecule has 4 rings (SSSR count). The number of aromatic nitrogens is 2. The Balaban J connectivity index is 1.55. The van der Waals surface area contributed by atoms with Crippen molar-refractivity contribution in [3.63, 3.8) is 0 Å². The molecule has 2 amide bonds. The molecule has 0 saturated carbocycles. The van der Waals surface area contributed by atoms with Gasteiger partial charge in [0, 0.05) is 10.0 Å². The number of halogens is 1. The Kier molecular flexibility index (Phi) is 6.24. The van der Waals surface area contributed by atoms with E-state index in [1.807, 2.05) is 78.9 Å². The van der Waals surface area contributed by atoms with Crippen molar-refractivity contribution in [2.24, 2.45) is 0 Å². The van der Waals surface area contributed by atoms with Crippen LogP contribution in [0.5, 0.6) is 0 Å². The van der Waals surface area contributed by atoms with Crippen LogP contribution in [0.2, 0.25) is 0 Å². The highest BCUT2D eigenvalue weighted by Crippen LogP contribution is 2.22. The molecule has 0 aliphatic heterocycles. The van der Waals surface area contributed by atoms with Crippen molar-refractivity contribution in [2.45, 2.75) is 0 Å². The van der Waals surface area contributed by atoms with Crippen molar-refractivity contribution in [1.29, 1.82) is 0 Å². The van der Waals surface area contributed by atoms with E-state index in [2.05, 4.69) is 31.7 Å². The first kappa shape index (κ1) is 20.6. The van der Waals surface area contributed by atoms with Crippen molar-refractivity contribution in [1.82, 2.24) is 15.1 Å². The molecule has 0 spiro atoms. The monoisotopic (exact) mass is 474 g/mol. The number of amides is 2. The predicted molar refractivity (Wildman–Crippen MR) is 124 cm³/mol. The van der Waals surface area contributed by atoms with Gasteiger partial charge in [-0.05, 0) is 46.3 Å². The number of carbonyl (C=O) groups is 2. The van der Waals surface area contributed by atoms with Crippen molar-refractivity contribution in [3.05, 3.63) is 101 Å². The SMILES string of the molecule is O=C(CNC(=O)c1cc(-c2ccccc2)nn1-c1ccccc1)Nc1ccccc1Br. The number of anilines is 1. The molecule has 0 aliphatic carbocycles. The zero-order valence-electron chi connectivity index (χ0n) is 16.5. The van der Waals surface area contributed by atoms with Crippen LogP contribution in [-0.2, 0) is 4.79 Å². The van der Waals surface area contributed by atoms with E-state index in [0.29, 0.717) is 17.1 Å². The number of nitrogens with one attached hydrogen (secondary N) is 2. The minimum absolute atomic E-state index is 0.166. The maximum absolute atomic E-state index is 12.9. The van der Waals surface area contributed by atoms with Crippen LogP contribution in [0.25, 0.3) is 16.9 Å². The maximum atomic E-state index is 12.9. The van der Waals surface area contributed by atoms with Gasteiger partial charge in [0.1, 0.15) is 5.69 Å². The zero-order chi connectivity index (χ0) is 21.6. The first-order valence-electron chi connectivity index (χ1n) is 9.65. The van der Waals surface area contributed by atoms with Crippen molar-refractivity contribution in [3.8, 4) is 16.9 Å². The van der Waals surface area contributed by atoms with Crippen LogP contribution >= 0.6 is 15.9 Å². The van der Waals surface area contributed by atoms with Gasteiger partial charge >= 0.3 is 0 Å². The quantitative estimate of drug-likeness (QED) is 0.426. The van der Waals surface area contributed by atoms with Gasteiger partial charge in [0.05, 0.1) is 23.6 Å². The molecule has 0 atom stereocenters. The van der Waals surface area contributed by atoms with Gasteiger partial charge in [-0.25, -0.2) is 4.68 Å². The van der Waals surface area contributed by atoms with Crippen LogP contribution in [-0.4, -0.2) is 28.1 Å². The smallest absolute Gasteiger partial charge is 0.270 e. The highest BCUT2D eigenvalue weighted by atomic mass is 79.9. The highest BCUT2D eigenvalue weighted by Gasteiger charge is 2.18. The molecule has 0 saturated heterocycles. The van der Waals surface area contributed by atoms with E-state index in [1.165, 1.54) is 0 Å². The van der Waals surface area contributed by atoms with E-state index in [1.54, 1.807) is 16.8 Å². The number of carbonyl (C=O) groups excluding carboxylic acids is 2. The molecule has 0 unspecified atom stereocenters. The van der Waals surface area contributed by atoms with E-state index < -0.39 is 0 Å². The summed E-state index contributed by atoms with van der Waals surface area (Å²) in [7, 11) is 0.